The van der Waals surface area contributed by atoms with E-state index in [4.69, 9.17) is 4.74 Å². The van der Waals surface area contributed by atoms with Crippen molar-refractivity contribution in [1.82, 2.24) is 9.97 Å². The number of alkyl halides is 3. The van der Waals surface area contributed by atoms with Crippen LogP contribution >= 0.6 is 0 Å². The van der Waals surface area contributed by atoms with Gasteiger partial charge in [0.2, 0.25) is 0 Å². The predicted molar refractivity (Wildman–Crippen MR) is 84.5 cm³/mol. The summed E-state index contributed by atoms with van der Waals surface area (Å²) in [6, 6.07) is 5.67. The number of halogens is 3. The molecule has 2 aromatic rings. The fraction of sp³-hybridized carbons (Fsp3) is 0.444. The van der Waals surface area contributed by atoms with E-state index in [1.54, 1.807) is 24.8 Å². The first-order valence-electron chi connectivity index (χ1n) is 8.07. The molecule has 2 aromatic heterocycles. The lowest BCUT2D eigenvalue weighted by molar-refractivity contribution is -0.184. The van der Waals surface area contributed by atoms with Crippen molar-refractivity contribution < 1.29 is 17.9 Å². The summed E-state index contributed by atoms with van der Waals surface area (Å²) in [6.45, 7) is 0.437. The molecule has 2 heterocycles. The second kappa shape index (κ2) is 7.20. The van der Waals surface area contributed by atoms with Crippen molar-refractivity contribution in [2.24, 2.45) is 11.8 Å². The number of rotatable bonds is 4. The Morgan fingerprint density at radius 3 is 2.33 bits per heavy atom. The summed E-state index contributed by atoms with van der Waals surface area (Å²) in [5, 5.41) is 0. The molecule has 0 atom stereocenters. The Balaban J connectivity index is 1.55. The zero-order valence-electron chi connectivity index (χ0n) is 13.2. The standard InChI is InChI=1S/C18H19F3N2O/c19-18(20,21)16-3-1-13(2-4-16)12-24-17-9-15(10-23-11-17)14-5-7-22-8-6-14/h5-11,13,16H,1-4,12H2. The van der Waals surface area contributed by atoms with Gasteiger partial charge in [-0.1, -0.05) is 0 Å². The van der Waals surface area contributed by atoms with Crippen molar-refractivity contribution in [3.63, 3.8) is 0 Å². The number of nitrogens with zero attached hydrogens (tertiary/aromatic N) is 2. The van der Waals surface area contributed by atoms with Crippen LogP contribution in [0.2, 0.25) is 0 Å². The van der Waals surface area contributed by atoms with Gasteiger partial charge in [0.1, 0.15) is 5.75 Å². The normalized spacial score (nSPS) is 21.5. The van der Waals surface area contributed by atoms with Crippen molar-refractivity contribution in [2.75, 3.05) is 6.61 Å². The van der Waals surface area contributed by atoms with E-state index in [0.717, 1.165) is 11.1 Å². The number of ether oxygens (including phenoxy) is 1. The second-order valence-electron chi connectivity index (χ2n) is 6.22. The predicted octanol–water partition coefficient (Wildman–Crippen LogP) is 4.89. The molecule has 0 unspecified atom stereocenters. The second-order valence-corrected chi connectivity index (χ2v) is 6.22. The van der Waals surface area contributed by atoms with Crippen LogP contribution in [0.3, 0.4) is 0 Å². The summed E-state index contributed by atoms with van der Waals surface area (Å²) in [7, 11) is 0. The highest BCUT2D eigenvalue weighted by atomic mass is 19.4. The smallest absolute Gasteiger partial charge is 0.391 e. The number of aromatic nitrogens is 2. The minimum Gasteiger partial charge on any atom is -0.492 e. The van der Waals surface area contributed by atoms with Crippen LogP contribution in [0.15, 0.2) is 43.0 Å². The van der Waals surface area contributed by atoms with Gasteiger partial charge in [-0.3, -0.25) is 9.97 Å². The highest BCUT2D eigenvalue weighted by Gasteiger charge is 2.41. The van der Waals surface area contributed by atoms with Gasteiger partial charge in [0.05, 0.1) is 18.7 Å². The molecule has 0 N–H and O–H groups in total. The van der Waals surface area contributed by atoms with E-state index in [9.17, 15) is 13.2 Å². The van der Waals surface area contributed by atoms with E-state index in [1.807, 2.05) is 18.2 Å². The maximum Gasteiger partial charge on any atom is 0.391 e. The molecule has 0 bridgehead atoms. The molecule has 24 heavy (non-hydrogen) atoms. The Labute approximate surface area is 138 Å². The van der Waals surface area contributed by atoms with Crippen LogP contribution in [0.4, 0.5) is 13.2 Å². The summed E-state index contributed by atoms with van der Waals surface area (Å²) in [5.41, 5.74) is 1.92. The lowest BCUT2D eigenvalue weighted by atomic mass is 9.82. The first kappa shape index (κ1) is 16.7. The maximum absolute atomic E-state index is 12.7. The molecule has 3 rings (SSSR count). The average Bonchev–Trinajstić information content (AvgIpc) is 2.61. The largest absolute Gasteiger partial charge is 0.492 e. The highest BCUT2D eigenvalue weighted by molar-refractivity contribution is 5.63. The Morgan fingerprint density at radius 2 is 1.67 bits per heavy atom. The summed E-state index contributed by atoms with van der Waals surface area (Å²) in [6.07, 6.45) is 4.25. The molecule has 6 heteroatoms. The van der Waals surface area contributed by atoms with Gasteiger partial charge in [-0.2, -0.15) is 13.2 Å². The van der Waals surface area contributed by atoms with Crippen LogP contribution in [-0.2, 0) is 0 Å². The van der Waals surface area contributed by atoms with Crippen molar-refractivity contribution in [2.45, 2.75) is 31.9 Å². The fourth-order valence-electron chi connectivity index (χ4n) is 3.07. The van der Waals surface area contributed by atoms with E-state index < -0.39 is 12.1 Å². The number of hydrogen-bond acceptors (Lipinski definition) is 3. The third kappa shape index (κ3) is 4.24. The minimum atomic E-state index is -4.06. The monoisotopic (exact) mass is 336 g/mol. The van der Waals surface area contributed by atoms with E-state index in [1.165, 1.54) is 0 Å². The maximum atomic E-state index is 12.7. The van der Waals surface area contributed by atoms with E-state index in [-0.39, 0.29) is 18.8 Å². The molecule has 0 amide bonds. The first-order valence-corrected chi connectivity index (χ1v) is 8.07. The molecule has 1 aliphatic carbocycles. The van der Waals surface area contributed by atoms with Crippen molar-refractivity contribution in [3.8, 4) is 16.9 Å². The van der Waals surface area contributed by atoms with Gasteiger partial charge in [0.25, 0.3) is 0 Å². The molecule has 0 aliphatic heterocycles. The van der Waals surface area contributed by atoms with Gasteiger partial charge < -0.3 is 4.74 Å². The molecule has 128 valence electrons. The minimum absolute atomic E-state index is 0.174. The van der Waals surface area contributed by atoms with Crippen LogP contribution in [0.5, 0.6) is 5.75 Å². The Kier molecular flexibility index (Phi) is 5.02. The van der Waals surface area contributed by atoms with E-state index in [0.29, 0.717) is 25.2 Å². The van der Waals surface area contributed by atoms with Crippen molar-refractivity contribution in [1.29, 1.82) is 0 Å². The van der Waals surface area contributed by atoms with E-state index >= 15 is 0 Å². The fourth-order valence-corrected chi connectivity index (χ4v) is 3.07. The van der Waals surface area contributed by atoms with Crippen LogP contribution in [0, 0.1) is 11.8 Å². The SMILES string of the molecule is FC(F)(F)C1CCC(COc2cncc(-c3ccncc3)c2)CC1. The summed E-state index contributed by atoms with van der Waals surface area (Å²) < 4.78 is 43.8. The van der Waals surface area contributed by atoms with Crippen LogP contribution in [0.25, 0.3) is 11.1 Å². The van der Waals surface area contributed by atoms with Gasteiger partial charge in [-0.05, 0) is 55.4 Å². The zero-order chi connectivity index (χ0) is 17.0. The van der Waals surface area contributed by atoms with Crippen LogP contribution in [0.1, 0.15) is 25.7 Å². The highest BCUT2D eigenvalue weighted by Crippen LogP contribution is 2.39. The molecule has 3 nitrogen and oxygen atoms in total. The molecular weight excluding hydrogens is 317 g/mol. The molecule has 1 saturated carbocycles. The van der Waals surface area contributed by atoms with Gasteiger partial charge in [0, 0.05) is 24.2 Å². The first-order chi connectivity index (χ1) is 11.5. The Hall–Kier alpha value is -2.11. The quantitative estimate of drug-likeness (QED) is 0.797. The van der Waals surface area contributed by atoms with E-state index in [2.05, 4.69) is 9.97 Å². The summed E-state index contributed by atoms with van der Waals surface area (Å²) >= 11 is 0. The third-order valence-electron chi connectivity index (χ3n) is 4.52. The Morgan fingerprint density at radius 1 is 0.958 bits per heavy atom. The van der Waals surface area contributed by atoms with Gasteiger partial charge in [-0.25, -0.2) is 0 Å². The van der Waals surface area contributed by atoms with Gasteiger partial charge in [-0.15, -0.1) is 0 Å². The lowest BCUT2D eigenvalue weighted by Gasteiger charge is -2.29. The number of pyridine rings is 2. The van der Waals surface area contributed by atoms with Crippen molar-refractivity contribution in [3.05, 3.63) is 43.0 Å². The molecular formula is C18H19F3N2O. The van der Waals surface area contributed by atoms with Gasteiger partial charge >= 0.3 is 6.18 Å². The molecule has 1 aliphatic rings. The molecule has 0 spiro atoms. The molecule has 1 fully saturated rings. The van der Waals surface area contributed by atoms with Crippen LogP contribution < -0.4 is 4.74 Å². The molecule has 0 aromatic carbocycles. The zero-order valence-corrected chi connectivity index (χ0v) is 13.2. The number of hydrogen-bond donors (Lipinski definition) is 0. The van der Waals surface area contributed by atoms with Crippen LogP contribution in [-0.4, -0.2) is 22.8 Å². The summed E-state index contributed by atoms with van der Waals surface area (Å²) in [5.74, 6) is -0.333. The van der Waals surface area contributed by atoms with Gasteiger partial charge in [0.15, 0.2) is 0 Å². The average molecular weight is 336 g/mol. The third-order valence-corrected chi connectivity index (χ3v) is 4.52. The molecule has 0 saturated heterocycles. The molecule has 0 radical (unpaired) electrons. The topological polar surface area (TPSA) is 35.0 Å². The summed E-state index contributed by atoms with van der Waals surface area (Å²) in [4.78, 5) is 8.16. The van der Waals surface area contributed by atoms with Crippen molar-refractivity contribution >= 4 is 0 Å². The Bertz CT molecular complexity index is 653. The lowest BCUT2D eigenvalue weighted by Crippen LogP contribution is -2.29.